The van der Waals surface area contributed by atoms with E-state index < -0.39 is 5.97 Å². The molecule has 1 aromatic heterocycles. The van der Waals surface area contributed by atoms with Crippen molar-refractivity contribution in [1.82, 2.24) is 4.98 Å². The van der Waals surface area contributed by atoms with Gasteiger partial charge in [0.15, 0.2) is 0 Å². The van der Waals surface area contributed by atoms with E-state index in [4.69, 9.17) is 26.9 Å². The van der Waals surface area contributed by atoms with E-state index in [1.807, 2.05) is 13.0 Å². The van der Waals surface area contributed by atoms with Crippen LogP contribution < -0.4 is 5.84 Å². The van der Waals surface area contributed by atoms with E-state index in [2.05, 4.69) is 10.1 Å². The smallest absolute Gasteiger partial charge is 0.341 e. The molecule has 2 saturated carbocycles. The monoisotopic (exact) mass is 391 g/mol. The van der Waals surface area contributed by atoms with E-state index in [9.17, 15) is 4.79 Å². The highest BCUT2D eigenvalue weighted by Gasteiger charge is 2.43. The van der Waals surface area contributed by atoms with Crippen LogP contribution in [-0.2, 0) is 9.47 Å². The van der Waals surface area contributed by atoms with Gasteiger partial charge < -0.3 is 15.3 Å². The zero-order chi connectivity index (χ0) is 19.4. The molecule has 3 rings (SSSR count). The summed E-state index contributed by atoms with van der Waals surface area (Å²) >= 11 is 6.14. The third-order valence-electron chi connectivity index (χ3n) is 4.92. The number of allylic oxidation sites excluding steroid dienone is 1. The highest BCUT2D eigenvalue weighted by molar-refractivity contribution is 6.32. The quantitative estimate of drug-likeness (QED) is 0.180. The van der Waals surface area contributed by atoms with Crippen LogP contribution in [0.5, 0.6) is 0 Å². The molecule has 1 atom stereocenters. The van der Waals surface area contributed by atoms with Gasteiger partial charge in [0.1, 0.15) is 11.3 Å². The van der Waals surface area contributed by atoms with Crippen LogP contribution in [0.3, 0.4) is 0 Å². The van der Waals surface area contributed by atoms with Gasteiger partial charge in [-0.15, -0.1) is 5.10 Å². The zero-order valence-electron chi connectivity index (χ0n) is 15.7. The van der Waals surface area contributed by atoms with Gasteiger partial charge in [0, 0.05) is 11.6 Å². The summed E-state index contributed by atoms with van der Waals surface area (Å²) in [6, 6.07) is 3.40. The van der Waals surface area contributed by atoms with Crippen LogP contribution in [0, 0.1) is 11.8 Å². The van der Waals surface area contributed by atoms with Crippen LogP contribution in [-0.4, -0.2) is 29.6 Å². The van der Waals surface area contributed by atoms with Crippen molar-refractivity contribution in [3.8, 4) is 0 Å². The fourth-order valence-electron chi connectivity index (χ4n) is 3.07. The van der Waals surface area contributed by atoms with Gasteiger partial charge >= 0.3 is 5.97 Å². The molecule has 1 aromatic rings. The Morgan fingerprint density at radius 3 is 2.56 bits per heavy atom. The van der Waals surface area contributed by atoms with Crippen molar-refractivity contribution >= 4 is 23.5 Å². The number of rotatable bonds is 8. The molecular formula is C20H26ClN3O3. The molecule has 2 aliphatic carbocycles. The van der Waals surface area contributed by atoms with Crippen molar-refractivity contribution in [2.45, 2.75) is 51.6 Å². The summed E-state index contributed by atoms with van der Waals surface area (Å²) < 4.78 is 11.0. The van der Waals surface area contributed by atoms with E-state index in [1.165, 1.54) is 25.7 Å². The average Bonchev–Trinajstić information content (AvgIpc) is 3.55. The van der Waals surface area contributed by atoms with Gasteiger partial charge in [-0.2, -0.15) is 0 Å². The Balaban J connectivity index is 1.63. The summed E-state index contributed by atoms with van der Waals surface area (Å²) in [5, 5.41) is 3.93. The minimum Gasteiger partial charge on any atom is -0.473 e. The lowest BCUT2D eigenvalue weighted by atomic mass is 10.1. The minimum atomic E-state index is -0.470. The fraction of sp³-hybridized carbons (Fsp3) is 0.550. The van der Waals surface area contributed by atoms with Crippen LogP contribution in [0.25, 0.3) is 0 Å². The van der Waals surface area contributed by atoms with E-state index in [-0.39, 0.29) is 22.7 Å². The predicted molar refractivity (Wildman–Crippen MR) is 105 cm³/mol. The maximum absolute atomic E-state index is 11.8. The number of esters is 1. The molecule has 2 fully saturated rings. The molecule has 1 unspecified atom stereocenters. The molecule has 2 N–H and O–H groups in total. The molecule has 0 bridgehead atoms. The lowest BCUT2D eigenvalue weighted by Crippen LogP contribution is -2.22. The highest BCUT2D eigenvalue weighted by Crippen LogP contribution is 2.46. The fourth-order valence-corrected chi connectivity index (χ4v) is 3.31. The first-order valence-corrected chi connectivity index (χ1v) is 9.87. The van der Waals surface area contributed by atoms with Gasteiger partial charge in [-0.25, -0.2) is 9.78 Å². The number of carbonyl (C=O) groups is 1. The summed E-state index contributed by atoms with van der Waals surface area (Å²) in [5.41, 5.74) is 1.00. The van der Waals surface area contributed by atoms with Crippen LogP contribution in [0.2, 0.25) is 5.15 Å². The molecule has 7 heteroatoms. The largest absolute Gasteiger partial charge is 0.473 e. The molecule has 0 amide bonds. The Morgan fingerprint density at radius 1 is 1.37 bits per heavy atom. The third-order valence-corrected chi connectivity index (χ3v) is 5.21. The average molecular weight is 392 g/mol. The Morgan fingerprint density at radius 2 is 2.04 bits per heavy atom. The Bertz CT molecular complexity index is 730. The molecule has 0 aromatic carbocycles. The summed E-state index contributed by atoms with van der Waals surface area (Å²) in [7, 11) is 0. The van der Waals surface area contributed by atoms with Crippen LogP contribution in [0.15, 0.2) is 29.4 Å². The number of hydrogen-bond donors (Lipinski definition) is 1. The topological polar surface area (TPSA) is 86.8 Å². The summed E-state index contributed by atoms with van der Waals surface area (Å²) in [4.78, 5) is 16.1. The maximum Gasteiger partial charge on any atom is 0.341 e. The zero-order valence-corrected chi connectivity index (χ0v) is 16.5. The second kappa shape index (κ2) is 8.74. The van der Waals surface area contributed by atoms with E-state index >= 15 is 0 Å². The van der Waals surface area contributed by atoms with Crippen molar-refractivity contribution in [2.75, 3.05) is 6.61 Å². The summed E-state index contributed by atoms with van der Waals surface area (Å²) in [5.74, 6) is 6.75. The lowest BCUT2D eigenvalue weighted by Gasteiger charge is -2.17. The van der Waals surface area contributed by atoms with Crippen LogP contribution in [0.4, 0.5) is 0 Å². The van der Waals surface area contributed by atoms with Gasteiger partial charge in [0.05, 0.1) is 12.2 Å². The van der Waals surface area contributed by atoms with Crippen LogP contribution in [0.1, 0.15) is 61.5 Å². The second-order valence-corrected chi connectivity index (χ2v) is 7.53. The molecule has 146 valence electrons. The molecule has 2 aliphatic rings. The Labute approximate surface area is 164 Å². The molecule has 0 aliphatic heterocycles. The van der Waals surface area contributed by atoms with Crippen molar-refractivity contribution in [3.63, 3.8) is 0 Å². The molecule has 1 heterocycles. The number of hydrogen-bond acceptors (Lipinski definition) is 6. The molecular weight excluding hydrogens is 366 g/mol. The van der Waals surface area contributed by atoms with Gasteiger partial charge in [0.25, 0.3) is 0 Å². The number of pyridine rings is 1. The lowest BCUT2D eigenvalue weighted by molar-refractivity contribution is 0.0526. The number of carbonyl (C=O) groups excluding carboxylic acids is 1. The first kappa shape index (κ1) is 19.7. The maximum atomic E-state index is 11.8. The predicted octanol–water partition coefficient (Wildman–Crippen LogP) is 4.05. The van der Waals surface area contributed by atoms with Crippen molar-refractivity contribution in [1.29, 1.82) is 0 Å². The summed E-state index contributed by atoms with van der Waals surface area (Å²) in [6.07, 6.45) is 8.87. The SMILES string of the molecule is CCOC(=O)c1ccc(C(C)/C=C\C(=N/N)OC(C2CC2)C2CC2)nc1Cl. The molecule has 0 radical (unpaired) electrons. The number of nitrogens with zero attached hydrogens (tertiary/aromatic N) is 2. The second-order valence-electron chi connectivity index (χ2n) is 7.17. The van der Waals surface area contributed by atoms with E-state index in [0.29, 0.717) is 24.3 Å². The minimum absolute atomic E-state index is 0.0422. The molecule has 0 spiro atoms. The van der Waals surface area contributed by atoms with E-state index in [0.717, 1.165) is 5.69 Å². The van der Waals surface area contributed by atoms with Gasteiger partial charge in [-0.3, -0.25) is 0 Å². The number of aromatic nitrogens is 1. The van der Waals surface area contributed by atoms with Gasteiger partial charge in [0.2, 0.25) is 5.90 Å². The van der Waals surface area contributed by atoms with Crippen molar-refractivity contribution in [2.24, 2.45) is 22.8 Å². The first-order valence-electron chi connectivity index (χ1n) is 9.49. The first-order chi connectivity index (χ1) is 13.0. The third kappa shape index (κ3) is 5.22. The Hall–Kier alpha value is -2.08. The Kier molecular flexibility index (Phi) is 6.37. The van der Waals surface area contributed by atoms with Gasteiger partial charge in [-0.1, -0.05) is 24.6 Å². The highest BCUT2D eigenvalue weighted by atomic mass is 35.5. The number of halogens is 1. The number of nitrogens with two attached hydrogens (primary N) is 1. The number of ether oxygens (including phenoxy) is 2. The van der Waals surface area contributed by atoms with E-state index in [1.54, 1.807) is 25.1 Å². The van der Waals surface area contributed by atoms with Crippen molar-refractivity contribution < 1.29 is 14.3 Å². The normalized spacial score (nSPS) is 18.7. The van der Waals surface area contributed by atoms with Gasteiger partial charge in [-0.05, 0) is 62.7 Å². The molecule has 6 nitrogen and oxygen atoms in total. The standard InChI is InChI=1S/C20H26ClN3O3/c1-3-26-20(25)15-9-10-16(23-19(15)21)12(2)4-11-17(24-22)27-18(13-5-6-13)14-7-8-14/h4,9-14,18H,3,5-8,22H2,1-2H3/b11-4-,24-17+. The van der Waals surface area contributed by atoms with Crippen LogP contribution >= 0.6 is 11.6 Å². The number of hydrazone groups is 1. The molecule has 0 saturated heterocycles. The van der Waals surface area contributed by atoms with Crippen molar-refractivity contribution in [3.05, 3.63) is 40.7 Å². The summed E-state index contributed by atoms with van der Waals surface area (Å²) in [6.45, 7) is 4.02. The molecule has 27 heavy (non-hydrogen) atoms.